The van der Waals surface area contributed by atoms with E-state index < -0.39 is 0 Å². The van der Waals surface area contributed by atoms with Gasteiger partial charge in [0.2, 0.25) is 6.79 Å². The summed E-state index contributed by atoms with van der Waals surface area (Å²) in [4.78, 5) is 15.3. The molecule has 0 saturated carbocycles. The Morgan fingerprint density at radius 3 is 2.86 bits per heavy atom. The highest BCUT2D eigenvalue weighted by atomic mass is 16.7. The molecule has 8 nitrogen and oxygen atoms in total. The van der Waals surface area contributed by atoms with Crippen LogP contribution in [0.3, 0.4) is 0 Å². The van der Waals surface area contributed by atoms with Gasteiger partial charge in [-0.15, -0.1) is 0 Å². The minimum atomic E-state index is -0.0735. The van der Waals surface area contributed by atoms with Crippen LogP contribution in [0.15, 0.2) is 48.5 Å². The summed E-state index contributed by atoms with van der Waals surface area (Å²) in [5, 5.41) is 7.97. The van der Waals surface area contributed by atoms with Gasteiger partial charge in [0.15, 0.2) is 11.5 Å². The van der Waals surface area contributed by atoms with Crippen molar-refractivity contribution in [2.24, 2.45) is 13.0 Å². The molecule has 1 aromatic heterocycles. The number of nitrogens with zero attached hydrogens (tertiary/aromatic N) is 3. The van der Waals surface area contributed by atoms with Crippen LogP contribution in [0.2, 0.25) is 0 Å². The van der Waals surface area contributed by atoms with Crippen LogP contribution in [0.1, 0.15) is 34.8 Å². The normalized spacial score (nSPS) is 24.4. The van der Waals surface area contributed by atoms with E-state index in [1.165, 1.54) is 12.1 Å². The minimum absolute atomic E-state index is 0.0735. The highest BCUT2D eigenvalue weighted by Gasteiger charge is 2.42. The zero-order valence-electron chi connectivity index (χ0n) is 20.1. The van der Waals surface area contributed by atoms with Crippen LogP contribution in [0.25, 0.3) is 11.3 Å². The van der Waals surface area contributed by atoms with Gasteiger partial charge < -0.3 is 19.5 Å². The first-order valence-corrected chi connectivity index (χ1v) is 12.2. The fourth-order valence-corrected chi connectivity index (χ4v) is 5.85. The number of fused-ring (bicyclic) bond motifs is 4. The molecule has 4 aliphatic heterocycles. The largest absolute Gasteiger partial charge is 0.496 e. The highest BCUT2D eigenvalue weighted by Crippen LogP contribution is 2.43. The molecule has 1 N–H and O–H groups in total. The van der Waals surface area contributed by atoms with Crippen molar-refractivity contribution in [3.05, 3.63) is 59.8 Å². The molecule has 3 fully saturated rings. The first-order chi connectivity index (χ1) is 17.1. The fraction of sp³-hybridized carbons (Fsp3) is 0.407. The molecule has 2 bridgehead atoms. The van der Waals surface area contributed by atoms with Crippen molar-refractivity contribution in [3.8, 4) is 28.5 Å². The number of nitrogens with one attached hydrogen (secondary N) is 1. The monoisotopic (exact) mass is 474 g/mol. The molecule has 182 valence electrons. The smallest absolute Gasteiger partial charge is 0.251 e. The van der Waals surface area contributed by atoms with Gasteiger partial charge in [0.25, 0.3) is 5.91 Å². The Labute approximate surface area is 204 Å². The van der Waals surface area contributed by atoms with Gasteiger partial charge in [0, 0.05) is 48.9 Å². The summed E-state index contributed by atoms with van der Waals surface area (Å²) in [5.74, 6) is 3.09. The van der Waals surface area contributed by atoms with E-state index in [0.29, 0.717) is 41.5 Å². The molecule has 1 amide bonds. The number of amides is 1. The van der Waals surface area contributed by atoms with E-state index in [-0.39, 0.29) is 12.7 Å². The van der Waals surface area contributed by atoms with E-state index in [4.69, 9.17) is 19.3 Å². The molecule has 7 rings (SSSR count). The second-order valence-electron chi connectivity index (χ2n) is 9.60. The van der Waals surface area contributed by atoms with Crippen molar-refractivity contribution in [2.45, 2.75) is 24.8 Å². The van der Waals surface area contributed by atoms with Crippen LogP contribution in [-0.4, -0.2) is 60.2 Å². The summed E-state index contributed by atoms with van der Waals surface area (Å²) in [6.07, 6.45) is 2.24. The number of aryl methyl sites for hydroxylation is 1. The molecule has 3 aromatic rings. The summed E-state index contributed by atoms with van der Waals surface area (Å²) in [7, 11) is 3.73. The molecule has 3 saturated heterocycles. The van der Waals surface area contributed by atoms with Crippen LogP contribution >= 0.6 is 0 Å². The molecule has 2 aromatic carbocycles. The predicted molar refractivity (Wildman–Crippen MR) is 131 cm³/mol. The number of para-hydroxylation sites is 1. The minimum Gasteiger partial charge on any atom is -0.496 e. The number of hydrogen-bond acceptors (Lipinski definition) is 6. The van der Waals surface area contributed by atoms with Crippen molar-refractivity contribution in [1.29, 1.82) is 0 Å². The van der Waals surface area contributed by atoms with E-state index in [1.54, 1.807) is 25.3 Å². The lowest BCUT2D eigenvalue weighted by Crippen LogP contribution is -2.56. The third kappa shape index (κ3) is 4.01. The topological polar surface area (TPSA) is 77.9 Å². The van der Waals surface area contributed by atoms with Crippen molar-refractivity contribution < 1.29 is 19.0 Å². The van der Waals surface area contributed by atoms with Gasteiger partial charge in [-0.2, -0.15) is 5.10 Å². The third-order valence-corrected chi connectivity index (χ3v) is 7.69. The summed E-state index contributed by atoms with van der Waals surface area (Å²) in [6, 6.07) is 15.9. The molecular formula is C27H30N4O4. The van der Waals surface area contributed by atoms with Gasteiger partial charge in [0.1, 0.15) is 5.75 Å². The number of ether oxygens (including phenoxy) is 3. The third-order valence-electron chi connectivity index (χ3n) is 7.69. The number of carbonyl (C=O) groups is 1. The van der Waals surface area contributed by atoms with Crippen molar-refractivity contribution in [1.82, 2.24) is 20.0 Å². The molecular weight excluding hydrogens is 444 g/mol. The zero-order valence-corrected chi connectivity index (χ0v) is 20.1. The maximum Gasteiger partial charge on any atom is 0.251 e. The number of rotatable bonds is 6. The van der Waals surface area contributed by atoms with E-state index in [2.05, 4.69) is 22.3 Å². The van der Waals surface area contributed by atoms with E-state index in [9.17, 15) is 4.79 Å². The van der Waals surface area contributed by atoms with Gasteiger partial charge in [-0.25, -0.2) is 0 Å². The average molecular weight is 475 g/mol. The van der Waals surface area contributed by atoms with E-state index in [0.717, 1.165) is 36.5 Å². The second-order valence-corrected chi connectivity index (χ2v) is 9.60. The molecule has 0 aliphatic carbocycles. The lowest BCUT2D eigenvalue weighted by atomic mass is 9.74. The molecule has 4 atom stereocenters. The molecule has 35 heavy (non-hydrogen) atoms. The number of carbonyl (C=O) groups excluding carboxylic acids is 1. The number of hydrogen-bond donors (Lipinski definition) is 1. The molecule has 0 radical (unpaired) electrons. The Morgan fingerprint density at radius 1 is 1.17 bits per heavy atom. The number of benzene rings is 2. The molecule has 5 heterocycles. The van der Waals surface area contributed by atoms with Crippen molar-refractivity contribution in [3.63, 3.8) is 0 Å². The van der Waals surface area contributed by atoms with Crippen LogP contribution in [0, 0.1) is 5.92 Å². The first kappa shape index (κ1) is 22.0. The Bertz CT molecular complexity index is 1260. The lowest BCUT2D eigenvalue weighted by molar-refractivity contribution is 0.0280. The van der Waals surface area contributed by atoms with Crippen LogP contribution in [0.5, 0.6) is 17.2 Å². The Hall–Kier alpha value is -3.52. The number of aromatic nitrogens is 2. The standard InChI is InChI=1S/C27H30N4O4/c1-30-23(13-22(29-30)20-5-3-4-6-24(20)33-2)21-15-31-10-9-17(21)11-19(31)14-28-27(32)18-7-8-25-26(12-18)35-16-34-25/h3-8,12-13,17,19,21H,9-11,14-16H2,1-2H3,(H,28,32)/t17-,19+,21+/m0/s1. The van der Waals surface area contributed by atoms with Gasteiger partial charge >= 0.3 is 0 Å². The molecule has 8 heteroatoms. The maximum atomic E-state index is 12.8. The Morgan fingerprint density at radius 2 is 2.03 bits per heavy atom. The highest BCUT2D eigenvalue weighted by molar-refractivity contribution is 5.95. The number of piperidine rings is 3. The summed E-state index contributed by atoms with van der Waals surface area (Å²) in [5.41, 5.74) is 3.83. The Kier molecular flexibility index (Phi) is 5.60. The second kappa shape index (κ2) is 8.92. The van der Waals surface area contributed by atoms with Crippen LogP contribution in [-0.2, 0) is 7.05 Å². The van der Waals surface area contributed by atoms with E-state index in [1.807, 2.05) is 29.9 Å². The van der Waals surface area contributed by atoms with E-state index >= 15 is 0 Å². The zero-order chi connectivity index (χ0) is 23.9. The lowest BCUT2D eigenvalue weighted by Gasteiger charge is -2.50. The van der Waals surface area contributed by atoms with Gasteiger partial charge in [-0.3, -0.25) is 14.4 Å². The molecule has 1 unspecified atom stereocenters. The first-order valence-electron chi connectivity index (χ1n) is 12.2. The molecule has 4 aliphatic rings. The van der Waals surface area contributed by atoms with Crippen LogP contribution < -0.4 is 19.5 Å². The summed E-state index contributed by atoms with van der Waals surface area (Å²) >= 11 is 0. The summed E-state index contributed by atoms with van der Waals surface area (Å²) < 4.78 is 18.3. The summed E-state index contributed by atoms with van der Waals surface area (Å²) in [6.45, 7) is 2.91. The van der Waals surface area contributed by atoms with Gasteiger partial charge in [0.05, 0.1) is 12.8 Å². The molecule has 0 spiro atoms. The van der Waals surface area contributed by atoms with Crippen LogP contribution in [0.4, 0.5) is 0 Å². The quantitative estimate of drug-likeness (QED) is 0.590. The van der Waals surface area contributed by atoms with Gasteiger partial charge in [-0.1, -0.05) is 12.1 Å². The predicted octanol–water partition coefficient (Wildman–Crippen LogP) is 3.43. The van der Waals surface area contributed by atoms with Crippen molar-refractivity contribution in [2.75, 3.05) is 33.5 Å². The SMILES string of the molecule is COc1ccccc1-c1cc([C@@H]2CN3CC[C@H]2C[C@@H]3CNC(=O)c2ccc3c(c2)OCO3)n(C)n1. The Balaban J connectivity index is 1.13. The maximum absolute atomic E-state index is 12.8. The average Bonchev–Trinajstić information content (AvgIpc) is 3.53. The fourth-order valence-electron chi connectivity index (χ4n) is 5.85. The van der Waals surface area contributed by atoms with Crippen molar-refractivity contribution >= 4 is 5.91 Å². The number of methoxy groups -OCH3 is 1. The van der Waals surface area contributed by atoms with Gasteiger partial charge in [-0.05, 0) is 61.7 Å².